The van der Waals surface area contributed by atoms with Crippen molar-refractivity contribution in [2.45, 2.75) is 6.61 Å². The smallest absolute Gasteiger partial charge is 0.358 e. The molecule has 10 nitrogen and oxygen atoms in total. The average Bonchev–Trinajstić information content (AvgIpc) is 3.36. The number of rotatable bonds is 6. The molecule has 3 aromatic rings. The molecule has 2 N–H and O–H groups in total. The summed E-state index contributed by atoms with van der Waals surface area (Å²) in [7, 11) is 2.36. The maximum atomic E-state index is 12.4. The Bertz CT molecular complexity index is 1060. The number of hydrogen-bond donors (Lipinski definition) is 1. The zero-order valence-electron chi connectivity index (χ0n) is 15.2. The van der Waals surface area contributed by atoms with Gasteiger partial charge in [-0.3, -0.25) is 0 Å². The molecular weight excluding hydrogens is 420 g/mol. The summed E-state index contributed by atoms with van der Waals surface area (Å²) in [6.45, 7) is -0.393. The molecule has 3 rings (SSSR count). The molecule has 0 radical (unpaired) electrons. The average molecular weight is 434 g/mol. The number of nitrogens with zero attached hydrogens (tertiary/aromatic N) is 3. The molecule has 3 aromatic heterocycles. The van der Waals surface area contributed by atoms with Crippen LogP contribution in [0.5, 0.6) is 0 Å². The Morgan fingerprint density at radius 1 is 1.07 bits per heavy atom. The van der Waals surface area contributed by atoms with Crippen LogP contribution in [0.2, 0.25) is 0 Å². The van der Waals surface area contributed by atoms with Crippen molar-refractivity contribution in [3.05, 3.63) is 45.5 Å². The van der Waals surface area contributed by atoms with Gasteiger partial charge in [0.1, 0.15) is 22.0 Å². The first kappa shape index (κ1) is 20.4. The molecule has 12 heteroatoms. The normalized spacial score (nSPS) is 10.4. The van der Waals surface area contributed by atoms with Gasteiger partial charge in [0, 0.05) is 23.3 Å². The summed E-state index contributed by atoms with van der Waals surface area (Å²) in [5.74, 6) is -1.83. The fourth-order valence-electron chi connectivity index (χ4n) is 2.30. The van der Waals surface area contributed by atoms with Gasteiger partial charge in [0.15, 0.2) is 16.5 Å². The van der Waals surface area contributed by atoms with E-state index in [1.807, 2.05) is 0 Å². The molecule has 29 heavy (non-hydrogen) atoms. The van der Waals surface area contributed by atoms with Crippen LogP contribution < -0.4 is 5.73 Å². The van der Waals surface area contributed by atoms with Gasteiger partial charge in [0.2, 0.25) is 0 Å². The second-order valence-electron chi connectivity index (χ2n) is 5.32. The highest BCUT2D eigenvalue weighted by atomic mass is 32.1. The molecule has 0 amide bonds. The molecule has 0 aromatic carbocycles. The van der Waals surface area contributed by atoms with Gasteiger partial charge in [-0.05, 0) is 6.07 Å². The molecule has 0 bridgehead atoms. The number of thiazole rings is 1. The monoisotopic (exact) mass is 434 g/mol. The highest BCUT2D eigenvalue weighted by molar-refractivity contribution is 7.18. The van der Waals surface area contributed by atoms with Gasteiger partial charge in [0.05, 0.1) is 14.2 Å². The van der Waals surface area contributed by atoms with E-state index in [2.05, 4.69) is 15.0 Å². The van der Waals surface area contributed by atoms with Gasteiger partial charge in [-0.25, -0.2) is 29.3 Å². The number of anilines is 1. The summed E-state index contributed by atoms with van der Waals surface area (Å²) in [6.07, 6.45) is 3.12. The summed E-state index contributed by atoms with van der Waals surface area (Å²) in [5.41, 5.74) is 5.96. The molecule has 3 heterocycles. The van der Waals surface area contributed by atoms with Crippen LogP contribution in [0, 0.1) is 0 Å². The van der Waals surface area contributed by atoms with E-state index in [0.717, 1.165) is 11.3 Å². The summed E-state index contributed by atoms with van der Waals surface area (Å²) in [5, 5.41) is 2.00. The minimum absolute atomic E-state index is 0.0395. The van der Waals surface area contributed by atoms with Crippen molar-refractivity contribution >= 4 is 45.6 Å². The van der Waals surface area contributed by atoms with Crippen molar-refractivity contribution in [2.24, 2.45) is 0 Å². The fraction of sp³-hybridized carbons (Fsp3) is 0.176. The summed E-state index contributed by atoms with van der Waals surface area (Å²) in [4.78, 5) is 48.8. The third-order valence-corrected chi connectivity index (χ3v) is 5.49. The molecule has 0 saturated heterocycles. The Morgan fingerprint density at radius 3 is 2.41 bits per heavy atom. The van der Waals surface area contributed by atoms with Crippen LogP contribution in [0.1, 0.15) is 36.1 Å². The largest absolute Gasteiger partial charge is 0.465 e. The van der Waals surface area contributed by atoms with Crippen LogP contribution in [0.15, 0.2) is 23.8 Å². The van der Waals surface area contributed by atoms with Crippen molar-refractivity contribution < 1.29 is 28.6 Å². The van der Waals surface area contributed by atoms with E-state index in [0.29, 0.717) is 10.8 Å². The van der Waals surface area contributed by atoms with E-state index in [4.69, 9.17) is 19.9 Å². The Kier molecular flexibility index (Phi) is 6.14. The van der Waals surface area contributed by atoms with Crippen LogP contribution in [0.4, 0.5) is 5.00 Å². The number of hydrogen-bond acceptors (Lipinski definition) is 12. The van der Waals surface area contributed by atoms with Crippen molar-refractivity contribution in [1.29, 1.82) is 0 Å². The molecule has 150 valence electrons. The van der Waals surface area contributed by atoms with Crippen LogP contribution in [-0.4, -0.2) is 47.1 Å². The number of esters is 3. The number of ether oxygens (including phenoxy) is 3. The number of carbonyl (C=O) groups excluding carboxylic acids is 3. The quantitative estimate of drug-likeness (QED) is 0.453. The first-order valence-electron chi connectivity index (χ1n) is 7.94. The van der Waals surface area contributed by atoms with E-state index in [1.165, 1.54) is 30.9 Å². The maximum Gasteiger partial charge on any atom is 0.358 e. The number of nitrogens with two attached hydrogens (primary N) is 1. The molecule has 0 fully saturated rings. The molecule has 0 aliphatic rings. The summed E-state index contributed by atoms with van der Waals surface area (Å²) in [6, 6.07) is 1.66. The van der Waals surface area contributed by atoms with Gasteiger partial charge in [0.25, 0.3) is 0 Å². The number of thiophene rings is 1. The van der Waals surface area contributed by atoms with Crippen molar-refractivity contribution in [3.8, 4) is 10.8 Å². The molecule has 0 unspecified atom stereocenters. The third kappa shape index (κ3) is 4.22. The predicted octanol–water partition coefficient (Wildman–Crippen LogP) is 2.17. The van der Waals surface area contributed by atoms with E-state index >= 15 is 0 Å². The molecule has 0 atom stereocenters. The number of methoxy groups -OCH3 is 2. The van der Waals surface area contributed by atoms with E-state index < -0.39 is 24.5 Å². The van der Waals surface area contributed by atoms with Gasteiger partial charge in [-0.15, -0.1) is 22.7 Å². The molecule has 0 aliphatic heterocycles. The standard InChI is InChI=1S/C17H14N4O6S2/c1-25-16(23)10-8(11(17(24)26-2)29-12(10)18)6-27-15(22)9-7-28-14(21-9)13-19-4-3-5-20-13/h3-5,7H,6,18H2,1-2H3. The lowest BCUT2D eigenvalue weighted by Crippen LogP contribution is -2.13. The molecule has 0 spiro atoms. The third-order valence-electron chi connectivity index (χ3n) is 3.61. The van der Waals surface area contributed by atoms with Crippen molar-refractivity contribution in [2.75, 3.05) is 20.0 Å². The van der Waals surface area contributed by atoms with Gasteiger partial charge in [-0.2, -0.15) is 0 Å². The maximum absolute atomic E-state index is 12.4. The zero-order valence-corrected chi connectivity index (χ0v) is 16.8. The van der Waals surface area contributed by atoms with Gasteiger partial charge >= 0.3 is 17.9 Å². The van der Waals surface area contributed by atoms with Crippen LogP contribution in [0.3, 0.4) is 0 Å². The Morgan fingerprint density at radius 2 is 1.76 bits per heavy atom. The SMILES string of the molecule is COC(=O)c1sc(N)c(C(=O)OC)c1COC(=O)c1csc(-c2ncccn2)n1. The lowest BCUT2D eigenvalue weighted by molar-refractivity contribution is 0.0447. The summed E-state index contributed by atoms with van der Waals surface area (Å²) >= 11 is 2.02. The fourth-order valence-corrected chi connectivity index (χ4v) is 4.01. The van der Waals surface area contributed by atoms with E-state index in [9.17, 15) is 14.4 Å². The van der Waals surface area contributed by atoms with Crippen LogP contribution in [-0.2, 0) is 20.8 Å². The van der Waals surface area contributed by atoms with Gasteiger partial charge in [-0.1, -0.05) is 0 Å². The second-order valence-corrected chi connectivity index (χ2v) is 7.23. The number of nitrogen functional groups attached to an aromatic ring is 1. The Labute approximate surface area is 172 Å². The summed E-state index contributed by atoms with van der Waals surface area (Å²) < 4.78 is 14.6. The molecule has 0 aliphatic carbocycles. The van der Waals surface area contributed by atoms with E-state index in [1.54, 1.807) is 18.5 Å². The lowest BCUT2D eigenvalue weighted by Gasteiger charge is -2.07. The Balaban J connectivity index is 1.82. The first-order chi connectivity index (χ1) is 14.0. The van der Waals surface area contributed by atoms with Gasteiger partial charge < -0.3 is 19.9 Å². The Hall–Kier alpha value is -3.38. The minimum atomic E-state index is -0.753. The highest BCUT2D eigenvalue weighted by Crippen LogP contribution is 2.33. The number of aromatic nitrogens is 3. The highest BCUT2D eigenvalue weighted by Gasteiger charge is 2.28. The molecule has 0 saturated carbocycles. The number of carbonyl (C=O) groups is 3. The van der Waals surface area contributed by atoms with E-state index in [-0.39, 0.29) is 26.7 Å². The predicted molar refractivity (Wildman–Crippen MR) is 104 cm³/mol. The minimum Gasteiger partial charge on any atom is -0.465 e. The zero-order chi connectivity index (χ0) is 21.0. The van der Waals surface area contributed by atoms with Crippen molar-refractivity contribution in [3.63, 3.8) is 0 Å². The topological polar surface area (TPSA) is 144 Å². The lowest BCUT2D eigenvalue weighted by atomic mass is 10.1. The van der Waals surface area contributed by atoms with Crippen LogP contribution >= 0.6 is 22.7 Å². The first-order valence-corrected chi connectivity index (χ1v) is 9.63. The molecular formula is C17H14N4O6S2. The van der Waals surface area contributed by atoms with Crippen molar-refractivity contribution in [1.82, 2.24) is 15.0 Å². The van der Waals surface area contributed by atoms with Crippen LogP contribution in [0.25, 0.3) is 10.8 Å². The second kappa shape index (κ2) is 8.75.